The Hall–Kier alpha value is -1.47. The molecule has 7 heteroatoms. The van der Waals surface area contributed by atoms with Crippen LogP contribution in [0.1, 0.15) is 24.3 Å². The lowest BCUT2D eigenvalue weighted by Gasteiger charge is -2.04. The molecular formula is C11H14N4OS2. The summed E-state index contributed by atoms with van der Waals surface area (Å²) in [6, 6.07) is 0. The van der Waals surface area contributed by atoms with Crippen LogP contribution in [0.5, 0.6) is 0 Å². The Morgan fingerprint density at radius 3 is 2.89 bits per heavy atom. The van der Waals surface area contributed by atoms with E-state index in [2.05, 4.69) is 34.4 Å². The summed E-state index contributed by atoms with van der Waals surface area (Å²) in [5.74, 6) is 0.320. The van der Waals surface area contributed by atoms with Crippen LogP contribution < -0.4 is 10.6 Å². The third-order valence-electron chi connectivity index (χ3n) is 2.05. The summed E-state index contributed by atoms with van der Waals surface area (Å²) in [6.45, 7) is 5.09. The van der Waals surface area contributed by atoms with Crippen molar-refractivity contribution in [2.75, 3.05) is 17.2 Å². The first-order valence-corrected chi connectivity index (χ1v) is 7.31. The molecule has 1 amide bonds. The first-order valence-electron chi connectivity index (χ1n) is 5.55. The molecule has 0 bridgehead atoms. The number of carbonyl (C=O) groups is 1. The van der Waals surface area contributed by atoms with E-state index in [0.717, 1.165) is 11.7 Å². The van der Waals surface area contributed by atoms with Crippen LogP contribution in [0.4, 0.5) is 10.3 Å². The van der Waals surface area contributed by atoms with Gasteiger partial charge in [-0.2, -0.15) is 0 Å². The fourth-order valence-corrected chi connectivity index (χ4v) is 2.42. The number of hydrogen-bond donors (Lipinski definition) is 2. The second kappa shape index (κ2) is 5.92. The van der Waals surface area contributed by atoms with Gasteiger partial charge in [0.2, 0.25) is 0 Å². The summed E-state index contributed by atoms with van der Waals surface area (Å²) < 4.78 is 0. The van der Waals surface area contributed by atoms with Crippen molar-refractivity contribution in [3.8, 4) is 0 Å². The molecule has 0 aromatic carbocycles. The molecule has 0 unspecified atom stereocenters. The molecule has 2 aromatic rings. The molecular weight excluding hydrogens is 268 g/mol. The van der Waals surface area contributed by atoms with Crippen LogP contribution in [0.25, 0.3) is 0 Å². The quantitative estimate of drug-likeness (QED) is 0.885. The standard InChI is InChI=1S/C11H14N4OS2/c1-7(2)5-13-11-14-8(6-18-11)9(16)15-10-12-3-4-17-10/h3-4,6-7H,5H2,1-2H3,(H,13,14)(H,12,15,16). The van der Waals surface area contributed by atoms with Crippen LogP contribution in [0.15, 0.2) is 17.0 Å². The number of anilines is 2. The third kappa shape index (κ3) is 3.51. The van der Waals surface area contributed by atoms with Gasteiger partial charge in [0.25, 0.3) is 5.91 Å². The second-order valence-electron chi connectivity index (χ2n) is 4.10. The van der Waals surface area contributed by atoms with E-state index < -0.39 is 0 Å². The molecule has 0 fully saturated rings. The zero-order chi connectivity index (χ0) is 13.0. The summed E-state index contributed by atoms with van der Waals surface area (Å²) >= 11 is 2.82. The van der Waals surface area contributed by atoms with Crippen LogP contribution in [0, 0.1) is 5.92 Å². The Kier molecular flexibility index (Phi) is 4.27. The van der Waals surface area contributed by atoms with Gasteiger partial charge in [0.15, 0.2) is 10.3 Å². The highest BCUT2D eigenvalue weighted by Gasteiger charge is 2.11. The molecule has 0 aliphatic heterocycles. The average molecular weight is 282 g/mol. The van der Waals surface area contributed by atoms with Gasteiger partial charge in [-0.3, -0.25) is 10.1 Å². The summed E-state index contributed by atoms with van der Waals surface area (Å²) in [4.78, 5) is 20.1. The maximum Gasteiger partial charge on any atom is 0.276 e. The van der Waals surface area contributed by atoms with Gasteiger partial charge in [-0.1, -0.05) is 13.8 Å². The normalized spacial score (nSPS) is 10.6. The highest BCUT2D eigenvalue weighted by Crippen LogP contribution is 2.18. The summed E-state index contributed by atoms with van der Waals surface area (Å²) in [6.07, 6.45) is 1.65. The molecule has 2 aromatic heterocycles. The van der Waals surface area contributed by atoms with E-state index in [0.29, 0.717) is 16.7 Å². The first kappa shape index (κ1) is 13.0. The molecule has 0 saturated carbocycles. The Morgan fingerprint density at radius 2 is 2.22 bits per heavy atom. The van der Waals surface area contributed by atoms with Crippen LogP contribution in [-0.4, -0.2) is 22.4 Å². The number of carbonyl (C=O) groups excluding carboxylic acids is 1. The van der Waals surface area contributed by atoms with E-state index >= 15 is 0 Å². The number of rotatable bonds is 5. The topological polar surface area (TPSA) is 66.9 Å². The highest BCUT2D eigenvalue weighted by atomic mass is 32.1. The van der Waals surface area contributed by atoms with E-state index in [-0.39, 0.29) is 5.91 Å². The van der Waals surface area contributed by atoms with Crippen molar-refractivity contribution in [2.45, 2.75) is 13.8 Å². The lowest BCUT2D eigenvalue weighted by molar-refractivity contribution is 0.102. The molecule has 0 aliphatic rings. The largest absolute Gasteiger partial charge is 0.361 e. The minimum Gasteiger partial charge on any atom is -0.361 e. The smallest absolute Gasteiger partial charge is 0.276 e. The number of hydrogen-bond acceptors (Lipinski definition) is 6. The summed E-state index contributed by atoms with van der Waals surface area (Å²) in [5, 5.41) is 10.8. The summed E-state index contributed by atoms with van der Waals surface area (Å²) in [7, 11) is 0. The Labute approximate surface area is 113 Å². The van der Waals surface area contributed by atoms with Gasteiger partial charge in [0.1, 0.15) is 5.69 Å². The van der Waals surface area contributed by atoms with Gasteiger partial charge >= 0.3 is 0 Å². The molecule has 2 rings (SSSR count). The average Bonchev–Trinajstić information content (AvgIpc) is 2.96. The first-order chi connectivity index (χ1) is 8.65. The SMILES string of the molecule is CC(C)CNc1nc(C(=O)Nc2nccs2)cs1. The van der Waals surface area contributed by atoms with Crippen molar-refractivity contribution in [1.82, 2.24) is 9.97 Å². The fourth-order valence-electron chi connectivity index (χ4n) is 1.20. The van der Waals surface area contributed by atoms with Crippen molar-refractivity contribution in [1.29, 1.82) is 0 Å². The molecule has 0 atom stereocenters. The van der Waals surface area contributed by atoms with Crippen molar-refractivity contribution in [3.05, 3.63) is 22.7 Å². The van der Waals surface area contributed by atoms with Gasteiger partial charge in [0, 0.05) is 23.5 Å². The minimum atomic E-state index is -0.223. The number of nitrogens with zero attached hydrogens (tertiary/aromatic N) is 2. The number of aromatic nitrogens is 2. The zero-order valence-corrected chi connectivity index (χ0v) is 11.8. The summed E-state index contributed by atoms with van der Waals surface area (Å²) in [5.41, 5.74) is 0.418. The maximum absolute atomic E-state index is 11.8. The van der Waals surface area contributed by atoms with Crippen molar-refractivity contribution >= 4 is 38.8 Å². The molecule has 0 radical (unpaired) electrons. The van der Waals surface area contributed by atoms with Crippen LogP contribution in [-0.2, 0) is 0 Å². The van der Waals surface area contributed by atoms with E-state index in [9.17, 15) is 4.79 Å². The van der Waals surface area contributed by atoms with Gasteiger partial charge in [-0.05, 0) is 5.92 Å². The number of amides is 1. The highest BCUT2D eigenvalue weighted by molar-refractivity contribution is 7.14. The Bertz CT molecular complexity index is 507. The van der Waals surface area contributed by atoms with Gasteiger partial charge in [-0.25, -0.2) is 9.97 Å². The maximum atomic E-state index is 11.8. The van der Waals surface area contributed by atoms with E-state index in [4.69, 9.17) is 0 Å². The second-order valence-corrected chi connectivity index (χ2v) is 5.86. The molecule has 5 nitrogen and oxygen atoms in total. The van der Waals surface area contributed by atoms with Crippen LogP contribution in [0.2, 0.25) is 0 Å². The predicted molar refractivity (Wildman–Crippen MR) is 75.5 cm³/mol. The molecule has 2 heterocycles. The Balaban J connectivity index is 1.94. The molecule has 18 heavy (non-hydrogen) atoms. The minimum absolute atomic E-state index is 0.223. The van der Waals surface area contributed by atoms with Crippen molar-refractivity contribution in [3.63, 3.8) is 0 Å². The Morgan fingerprint density at radius 1 is 1.39 bits per heavy atom. The number of thiazole rings is 2. The zero-order valence-electron chi connectivity index (χ0n) is 10.1. The molecule has 2 N–H and O–H groups in total. The van der Waals surface area contributed by atoms with E-state index in [1.165, 1.54) is 22.7 Å². The van der Waals surface area contributed by atoms with E-state index in [1.807, 2.05) is 5.38 Å². The fraction of sp³-hybridized carbons (Fsp3) is 0.364. The third-order valence-corrected chi connectivity index (χ3v) is 3.54. The van der Waals surface area contributed by atoms with Crippen molar-refractivity contribution < 1.29 is 4.79 Å². The lowest BCUT2D eigenvalue weighted by Crippen LogP contribution is -2.13. The lowest BCUT2D eigenvalue weighted by atomic mass is 10.2. The number of nitrogens with one attached hydrogen (secondary N) is 2. The van der Waals surface area contributed by atoms with E-state index in [1.54, 1.807) is 11.6 Å². The monoisotopic (exact) mass is 282 g/mol. The molecule has 0 saturated heterocycles. The molecule has 96 valence electrons. The molecule has 0 aliphatic carbocycles. The van der Waals surface area contributed by atoms with Gasteiger partial charge < -0.3 is 5.32 Å². The predicted octanol–water partition coefficient (Wildman–Crippen LogP) is 2.92. The van der Waals surface area contributed by atoms with Crippen molar-refractivity contribution in [2.24, 2.45) is 5.92 Å². The van der Waals surface area contributed by atoms with Crippen LogP contribution >= 0.6 is 22.7 Å². The van der Waals surface area contributed by atoms with Gasteiger partial charge in [0.05, 0.1) is 0 Å². The molecule has 0 spiro atoms. The van der Waals surface area contributed by atoms with Crippen LogP contribution in [0.3, 0.4) is 0 Å². The van der Waals surface area contributed by atoms with Gasteiger partial charge in [-0.15, -0.1) is 22.7 Å².